The van der Waals surface area contributed by atoms with E-state index in [4.69, 9.17) is 5.73 Å². The molecule has 0 bridgehead atoms. The van der Waals surface area contributed by atoms with Crippen molar-refractivity contribution in [1.82, 2.24) is 10.2 Å². The molecule has 0 saturated carbocycles. The Hall–Kier alpha value is -0.380. The third-order valence-electron chi connectivity index (χ3n) is 5.05. The monoisotopic (exact) mass is 279 g/mol. The third-order valence-corrected chi connectivity index (χ3v) is 5.05. The quantitative estimate of drug-likeness (QED) is 0.704. The first-order valence-corrected chi connectivity index (χ1v) is 8.63. The highest BCUT2D eigenvalue weighted by Crippen LogP contribution is 2.23. The van der Waals surface area contributed by atoms with Crippen molar-refractivity contribution in [3.05, 3.63) is 11.6 Å². The van der Waals surface area contributed by atoms with Crippen LogP contribution < -0.4 is 11.1 Å². The number of nitrogens with zero attached hydrogens (tertiary/aromatic N) is 1. The molecule has 2 aliphatic rings. The summed E-state index contributed by atoms with van der Waals surface area (Å²) in [4.78, 5) is 2.61. The second kappa shape index (κ2) is 8.16. The molecule has 3 nitrogen and oxygen atoms in total. The number of hydrogen-bond acceptors (Lipinski definition) is 3. The van der Waals surface area contributed by atoms with Crippen LogP contribution in [0.25, 0.3) is 0 Å². The zero-order valence-corrected chi connectivity index (χ0v) is 13.3. The van der Waals surface area contributed by atoms with Crippen LogP contribution in [0.5, 0.6) is 0 Å². The molecule has 0 amide bonds. The molecule has 2 rings (SSSR count). The Labute approximate surface area is 125 Å². The highest BCUT2D eigenvalue weighted by molar-refractivity contribution is 5.08. The zero-order valence-electron chi connectivity index (χ0n) is 13.3. The van der Waals surface area contributed by atoms with Crippen LogP contribution in [0.2, 0.25) is 0 Å². The van der Waals surface area contributed by atoms with Crippen LogP contribution in [0, 0.1) is 0 Å². The van der Waals surface area contributed by atoms with Gasteiger partial charge < -0.3 is 16.0 Å². The maximum absolute atomic E-state index is 6.13. The van der Waals surface area contributed by atoms with Crippen molar-refractivity contribution in [3.63, 3.8) is 0 Å². The molecule has 1 aliphatic heterocycles. The molecule has 0 aromatic rings. The van der Waals surface area contributed by atoms with Crippen LogP contribution in [-0.4, -0.2) is 43.2 Å². The van der Waals surface area contributed by atoms with Gasteiger partial charge in [-0.3, -0.25) is 0 Å². The van der Waals surface area contributed by atoms with Gasteiger partial charge in [-0.05, 0) is 77.5 Å². The van der Waals surface area contributed by atoms with E-state index in [-0.39, 0.29) is 5.54 Å². The van der Waals surface area contributed by atoms with Crippen molar-refractivity contribution in [3.8, 4) is 0 Å². The lowest BCUT2D eigenvalue weighted by molar-refractivity contribution is 0.259. The molecular formula is C17H33N3. The molecule has 1 unspecified atom stereocenters. The summed E-state index contributed by atoms with van der Waals surface area (Å²) in [5.41, 5.74) is 7.98. The Kier molecular flexibility index (Phi) is 6.53. The first-order chi connectivity index (χ1) is 9.78. The van der Waals surface area contributed by atoms with Crippen LogP contribution in [-0.2, 0) is 0 Å². The molecule has 0 spiro atoms. The fourth-order valence-corrected chi connectivity index (χ4v) is 3.70. The van der Waals surface area contributed by atoms with Crippen molar-refractivity contribution >= 4 is 0 Å². The van der Waals surface area contributed by atoms with E-state index in [0.717, 1.165) is 13.1 Å². The average molecular weight is 279 g/mol. The third kappa shape index (κ3) is 4.57. The molecule has 1 saturated heterocycles. The maximum atomic E-state index is 6.13. The molecule has 116 valence electrons. The van der Waals surface area contributed by atoms with Gasteiger partial charge in [-0.1, -0.05) is 18.6 Å². The van der Waals surface area contributed by atoms with Crippen LogP contribution in [0.4, 0.5) is 0 Å². The van der Waals surface area contributed by atoms with Crippen molar-refractivity contribution in [2.75, 3.05) is 32.7 Å². The van der Waals surface area contributed by atoms with Gasteiger partial charge >= 0.3 is 0 Å². The predicted octanol–water partition coefficient (Wildman–Crippen LogP) is 2.67. The van der Waals surface area contributed by atoms with E-state index in [1.165, 1.54) is 71.0 Å². The molecule has 0 aromatic carbocycles. The smallest absolute Gasteiger partial charge is 0.0316 e. The summed E-state index contributed by atoms with van der Waals surface area (Å²) in [5.74, 6) is 0. The van der Waals surface area contributed by atoms with Gasteiger partial charge in [-0.25, -0.2) is 0 Å². The molecule has 20 heavy (non-hydrogen) atoms. The number of allylic oxidation sites excluding steroid dienone is 1. The summed E-state index contributed by atoms with van der Waals surface area (Å²) in [6.07, 6.45) is 12.6. The minimum atomic E-state index is 0.196. The van der Waals surface area contributed by atoms with Gasteiger partial charge in [-0.2, -0.15) is 0 Å². The Morgan fingerprint density at radius 1 is 1.30 bits per heavy atom. The Bertz CT molecular complexity index is 313. The number of likely N-dealkylation sites (tertiary alicyclic amines) is 1. The first kappa shape index (κ1) is 16.0. The van der Waals surface area contributed by atoms with E-state index in [9.17, 15) is 0 Å². The number of nitrogens with two attached hydrogens (primary N) is 1. The van der Waals surface area contributed by atoms with Gasteiger partial charge in [0, 0.05) is 12.1 Å². The van der Waals surface area contributed by atoms with Crippen LogP contribution in [0.15, 0.2) is 11.6 Å². The van der Waals surface area contributed by atoms with Crippen molar-refractivity contribution in [2.24, 2.45) is 5.73 Å². The summed E-state index contributed by atoms with van der Waals surface area (Å²) >= 11 is 0. The van der Waals surface area contributed by atoms with E-state index in [1.807, 2.05) is 0 Å². The Morgan fingerprint density at radius 2 is 2.20 bits per heavy atom. The topological polar surface area (TPSA) is 41.3 Å². The minimum Gasteiger partial charge on any atom is -0.329 e. The standard InChI is InChI=1S/C17H33N3/c1-2-12-20-13-5-9-17(15-18,10-14-20)19-11-8-16-6-3-4-7-16/h6,19H,2-5,7-15,18H2,1H3. The molecule has 1 fully saturated rings. The van der Waals surface area contributed by atoms with E-state index in [1.54, 1.807) is 5.57 Å². The molecule has 3 N–H and O–H groups in total. The highest BCUT2D eigenvalue weighted by atomic mass is 15.1. The van der Waals surface area contributed by atoms with Crippen LogP contribution >= 0.6 is 0 Å². The molecule has 1 aliphatic carbocycles. The summed E-state index contributed by atoms with van der Waals surface area (Å²) in [6, 6.07) is 0. The average Bonchev–Trinajstić information content (AvgIpc) is 2.89. The fraction of sp³-hybridized carbons (Fsp3) is 0.882. The minimum absolute atomic E-state index is 0.196. The van der Waals surface area contributed by atoms with Crippen LogP contribution in [0.1, 0.15) is 58.3 Å². The van der Waals surface area contributed by atoms with Gasteiger partial charge in [0.05, 0.1) is 0 Å². The molecule has 1 heterocycles. The van der Waals surface area contributed by atoms with E-state index < -0.39 is 0 Å². The Balaban J connectivity index is 1.78. The molecule has 3 heteroatoms. The molecule has 0 aromatic heterocycles. The lowest BCUT2D eigenvalue weighted by atomic mass is 9.90. The number of nitrogens with one attached hydrogen (secondary N) is 1. The first-order valence-electron chi connectivity index (χ1n) is 8.63. The SMILES string of the molecule is CCCN1CCCC(CN)(NCCC2=CCCC2)CC1. The second-order valence-corrected chi connectivity index (χ2v) is 6.61. The fourth-order valence-electron chi connectivity index (χ4n) is 3.70. The van der Waals surface area contributed by atoms with Crippen molar-refractivity contribution in [1.29, 1.82) is 0 Å². The van der Waals surface area contributed by atoms with Gasteiger partial charge in [-0.15, -0.1) is 0 Å². The molecular weight excluding hydrogens is 246 g/mol. The van der Waals surface area contributed by atoms with Crippen molar-refractivity contribution < 1.29 is 0 Å². The van der Waals surface area contributed by atoms with Crippen LogP contribution in [0.3, 0.4) is 0 Å². The lowest BCUT2D eigenvalue weighted by Gasteiger charge is -2.33. The predicted molar refractivity (Wildman–Crippen MR) is 86.9 cm³/mol. The Morgan fingerprint density at radius 3 is 2.90 bits per heavy atom. The molecule has 0 radical (unpaired) electrons. The van der Waals surface area contributed by atoms with Gasteiger partial charge in [0.25, 0.3) is 0 Å². The zero-order chi connectivity index (χ0) is 14.3. The summed E-state index contributed by atoms with van der Waals surface area (Å²) in [7, 11) is 0. The second-order valence-electron chi connectivity index (χ2n) is 6.61. The largest absolute Gasteiger partial charge is 0.329 e. The highest BCUT2D eigenvalue weighted by Gasteiger charge is 2.30. The summed E-state index contributed by atoms with van der Waals surface area (Å²) in [5, 5.41) is 3.82. The van der Waals surface area contributed by atoms with E-state index >= 15 is 0 Å². The van der Waals surface area contributed by atoms with E-state index in [0.29, 0.717) is 0 Å². The van der Waals surface area contributed by atoms with Gasteiger partial charge in [0.1, 0.15) is 0 Å². The number of rotatable bonds is 7. The van der Waals surface area contributed by atoms with Gasteiger partial charge in [0.15, 0.2) is 0 Å². The maximum Gasteiger partial charge on any atom is 0.0316 e. The van der Waals surface area contributed by atoms with E-state index in [2.05, 4.69) is 23.2 Å². The lowest BCUT2D eigenvalue weighted by Crippen LogP contribution is -2.52. The number of hydrogen-bond donors (Lipinski definition) is 2. The molecule has 1 atom stereocenters. The van der Waals surface area contributed by atoms with Gasteiger partial charge in [0.2, 0.25) is 0 Å². The summed E-state index contributed by atoms with van der Waals surface area (Å²) < 4.78 is 0. The van der Waals surface area contributed by atoms with Crippen molar-refractivity contribution in [2.45, 2.75) is 63.8 Å². The summed E-state index contributed by atoms with van der Waals surface area (Å²) in [6.45, 7) is 7.87. The normalized spacial score (nSPS) is 28.4.